The first-order valence-corrected chi connectivity index (χ1v) is 7.25. The van der Waals surface area contributed by atoms with E-state index in [1.165, 1.54) is 0 Å². The molecule has 7 nitrogen and oxygen atoms in total. The molecule has 7 heteroatoms. The van der Waals surface area contributed by atoms with Crippen molar-refractivity contribution in [3.05, 3.63) is 35.6 Å². The standard InChI is InChI=1S/C15H15N5O2/c1-9-2-5-13-12(6-9)10(8-22-13)7-14(21)16-15-17-18-19-20(15)11-3-4-11/h2,5-6,8,11H,3-4,7H2,1H3,(H,16,17,19,21). The van der Waals surface area contributed by atoms with Gasteiger partial charge in [-0.15, -0.1) is 0 Å². The summed E-state index contributed by atoms with van der Waals surface area (Å²) < 4.78 is 7.16. The number of tetrazole rings is 1. The van der Waals surface area contributed by atoms with Crippen LogP contribution < -0.4 is 5.32 Å². The Hall–Kier alpha value is -2.70. The average molecular weight is 297 g/mol. The normalized spacial score (nSPS) is 14.4. The second-order valence-corrected chi connectivity index (χ2v) is 5.66. The van der Waals surface area contributed by atoms with Crippen molar-refractivity contribution >= 4 is 22.8 Å². The molecule has 0 spiro atoms. The Morgan fingerprint density at radius 3 is 3.14 bits per heavy atom. The van der Waals surface area contributed by atoms with E-state index in [9.17, 15) is 4.79 Å². The number of amides is 1. The number of benzene rings is 1. The number of hydrogen-bond acceptors (Lipinski definition) is 5. The average Bonchev–Trinajstić information content (AvgIpc) is 3.12. The lowest BCUT2D eigenvalue weighted by molar-refractivity contribution is -0.115. The summed E-state index contributed by atoms with van der Waals surface area (Å²) >= 11 is 0. The van der Waals surface area contributed by atoms with Crippen molar-refractivity contribution in [2.24, 2.45) is 0 Å². The van der Waals surface area contributed by atoms with Gasteiger partial charge in [-0.05, 0) is 42.3 Å². The molecule has 1 aromatic carbocycles. The number of carbonyl (C=O) groups is 1. The fourth-order valence-electron chi connectivity index (χ4n) is 2.52. The van der Waals surface area contributed by atoms with Crippen LogP contribution in [0.5, 0.6) is 0 Å². The van der Waals surface area contributed by atoms with Crippen LogP contribution in [0.4, 0.5) is 5.95 Å². The summed E-state index contributed by atoms with van der Waals surface area (Å²) in [6.45, 7) is 2.01. The third-order valence-electron chi connectivity index (χ3n) is 3.80. The number of rotatable bonds is 4. The number of furan rings is 1. The number of hydrogen-bond donors (Lipinski definition) is 1. The van der Waals surface area contributed by atoms with Crippen molar-refractivity contribution in [1.29, 1.82) is 0 Å². The van der Waals surface area contributed by atoms with Crippen LogP contribution in [-0.4, -0.2) is 26.1 Å². The van der Waals surface area contributed by atoms with Crippen molar-refractivity contribution < 1.29 is 9.21 Å². The van der Waals surface area contributed by atoms with E-state index < -0.39 is 0 Å². The Bertz CT molecular complexity index is 847. The van der Waals surface area contributed by atoms with Gasteiger partial charge in [0.25, 0.3) is 0 Å². The third-order valence-corrected chi connectivity index (χ3v) is 3.80. The van der Waals surface area contributed by atoms with E-state index in [0.29, 0.717) is 12.0 Å². The lowest BCUT2D eigenvalue weighted by Gasteiger charge is -2.04. The largest absolute Gasteiger partial charge is 0.464 e. The summed E-state index contributed by atoms with van der Waals surface area (Å²) in [5.74, 6) is 0.261. The van der Waals surface area contributed by atoms with Gasteiger partial charge in [0.1, 0.15) is 5.58 Å². The lowest BCUT2D eigenvalue weighted by atomic mass is 10.1. The summed E-state index contributed by atoms with van der Waals surface area (Å²) in [5.41, 5.74) is 2.78. The predicted octanol–water partition coefficient (Wildman–Crippen LogP) is 2.24. The molecular formula is C15H15N5O2. The van der Waals surface area contributed by atoms with Gasteiger partial charge >= 0.3 is 0 Å². The van der Waals surface area contributed by atoms with Gasteiger partial charge in [0.15, 0.2) is 0 Å². The number of aryl methyl sites for hydroxylation is 1. The SMILES string of the molecule is Cc1ccc2occ(CC(=O)Nc3nnnn3C3CC3)c2c1. The minimum atomic E-state index is -0.152. The number of anilines is 1. The Morgan fingerprint density at radius 1 is 1.45 bits per heavy atom. The molecule has 0 radical (unpaired) electrons. The molecule has 3 aromatic rings. The molecule has 1 amide bonds. The van der Waals surface area contributed by atoms with Gasteiger partial charge in [0, 0.05) is 10.9 Å². The summed E-state index contributed by atoms with van der Waals surface area (Å²) in [6, 6.07) is 6.25. The van der Waals surface area contributed by atoms with E-state index in [-0.39, 0.29) is 12.3 Å². The first-order valence-electron chi connectivity index (χ1n) is 7.25. The number of fused-ring (bicyclic) bond motifs is 1. The van der Waals surface area contributed by atoms with E-state index >= 15 is 0 Å². The van der Waals surface area contributed by atoms with Gasteiger partial charge < -0.3 is 4.42 Å². The lowest BCUT2D eigenvalue weighted by Crippen LogP contribution is -2.18. The van der Waals surface area contributed by atoms with Gasteiger partial charge in [-0.3, -0.25) is 10.1 Å². The number of nitrogens with one attached hydrogen (secondary N) is 1. The zero-order valence-corrected chi connectivity index (χ0v) is 12.1. The van der Waals surface area contributed by atoms with Crippen molar-refractivity contribution in [3.63, 3.8) is 0 Å². The van der Waals surface area contributed by atoms with Crippen molar-refractivity contribution in [3.8, 4) is 0 Å². The van der Waals surface area contributed by atoms with E-state index in [0.717, 1.165) is 34.9 Å². The molecule has 2 aromatic heterocycles. The molecule has 0 saturated heterocycles. The maximum atomic E-state index is 12.2. The van der Waals surface area contributed by atoms with E-state index in [2.05, 4.69) is 20.8 Å². The van der Waals surface area contributed by atoms with Crippen LogP contribution in [-0.2, 0) is 11.2 Å². The summed E-state index contributed by atoms with van der Waals surface area (Å²) in [5, 5.41) is 15.2. The number of nitrogens with zero attached hydrogens (tertiary/aromatic N) is 4. The zero-order chi connectivity index (χ0) is 15.1. The minimum absolute atomic E-state index is 0.152. The summed E-state index contributed by atoms with van der Waals surface area (Å²) in [4.78, 5) is 12.2. The Balaban J connectivity index is 1.53. The summed E-state index contributed by atoms with van der Waals surface area (Å²) in [6.07, 6.45) is 3.97. The molecular weight excluding hydrogens is 282 g/mol. The second kappa shape index (κ2) is 4.94. The van der Waals surface area contributed by atoms with Crippen LogP contribution in [0.3, 0.4) is 0 Å². The van der Waals surface area contributed by atoms with Crippen molar-refractivity contribution in [2.75, 3.05) is 5.32 Å². The smallest absolute Gasteiger partial charge is 0.249 e. The van der Waals surface area contributed by atoms with E-state index in [4.69, 9.17) is 4.42 Å². The van der Waals surface area contributed by atoms with Crippen LogP contribution in [0.1, 0.15) is 30.0 Å². The number of carbonyl (C=O) groups excluding carboxylic acids is 1. The Morgan fingerprint density at radius 2 is 2.32 bits per heavy atom. The van der Waals surface area contributed by atoms with Gasteiger partial charge in [-0.1, -0.05) is 16.7 Å². The van der Waals surface area contributed by atoms with Crippen molar-refractivity contribution in [1.82, 2.24) is 20.2 Å². The third kappa shape index (κ3) is 2.34. The predicted molar refractivity (Wildman–Crippen MR) is 79.4 cm³/mol. The molecule has 22 heavy (non-hydrogen) atoms. The molecule has 0 aliphatic heterocycles. The monoisotopic (exact) mass is 297 g/mol. The molecule has 0 atom stereocenters. The highest BCUT2D eigenvalue weighted by molar-refractivity contribution is 5.94. The molecule has 4 rings (SSSR count). The Labute approximate surface area is 126 Å². The fraction of sp³-hybridized carbons (Fsp3) is 0.333. The minimum Gasteiger partial charge on any atom is -0.464 e. The maximum absolute atomic E-state index is 12.2. The molecule has 1 aliphatic rings. The molecule has 0 bridgehead atoms. The second-order valence-electron chi connectivity index (χ2n) is 5.66. The Kier molecular flexibility index (Phi) is 2.92. The molecule has 1 fully saturated rings. The van der Waals surface area contributed by atoms with Gasteiger partial charge in [0.2, 0.25) is 11.9 Å². The molecule has 0 unspecified atom stereocenters. The van der Waals surface area contributed by atoms with Crippen molar-refractivity contribution in [2.45, 2.75) is 32.2 Å². The zero-order valence-electron chi connectivity index (χ0n) is 12.1. The first-order chi connectivity index (χ1) is 10.7. The maximum Gasteiger partial charge on any atom is 0.249 e. The molecule has 112 valence electrons. The molecule has 1 aliphatic carbocycles. The quantitative estimate of drug-likeness (QED) is 0.798. The fourth-order valence-corrected chi connectivity index (χ4v) is 2.52. The van der Waals surface area contributed by atoms with Gasteiger partial charge in [0.05, 0.1) is 18.7 Å². The van der Waals surface area contributed by atoms with Gasteiger partial charge in [-0.25, -0.2) is 4.68 Å². The highest BCUT2D eigenvalue weighted by atomic mass is 16.3. The van der Waals surface area contributed by atoms with Crippen LogP contribution in [0.15, 0.2) is 28.9 Å². The van der Waals surface area contributed by atoms with Crippen LogP contribution >= 0.6 is 0 Å². The van der Waals surface area contributed by atoms with Crippen LogP contribution in [0, 0.1) is 6.92 Å². The van der Waals surface area contributed by atoms with E-state index in [1.54, 1.807) is 10.9 Å². The van der Waals surface area contributed by atoms with Crippen LogP contribution in [0.25, 0.3) is 11.0 Å². The first kappa shape index (κ1) is 13.0. The highest BCUT2D eigenvalue weighted by Crippen LogP contribution is 2.35. The van der Waals surface area contributed by atoms with Gasteiger partial charge in [-0.2, -0.15) is 0 Å². The van der Waals surface area contributed by atoms with E-state index in [1.807, 2.05) is 25.1 Å². The highest BCUT2D eigenvalue weighted by Gasteiger charge is 2.28. The van der Waals surface area contributed by atoms with Crippen LogP contribution in [0.2, 0.25) is 0 Å². The molecule has 1 saturated carbocycles. The topological polar surface area (TPSA) is 85.8 Å². The summed E-state index contributed by atoms with van der Waals surface area (Å²) in [7, 11) is 0. The number of aromatic nitrogens is 4. The molecule has 1 N–H and O–H groups in total. The molecule has 2 heterocycles.